The molecule has 18 heteroatoms. The highest BCUT2D eigenvalue weighted by molar-refractivity contribution is 5.47. The quantitative estimate of drug-likeness (QED) is 0.123. The number of ether oxygens (including phenoxy) is 6. The van der Waals surface area contributed by atoms with Crippen LogP contribution in [0.1, 0.15) is 99.8 Å². The average Bonchev–Trinajstić information content (AvgIpc) is 3.27. The SMILES string of the molecule is C[C@@H]1O[C@H](O[C@@H]2[C@@H](O)[C@H](O)[C@@H](O[C@H]3CC[C@]4(C)[C@@H](CC[C@]5(C)[C@@H]4C=CC4=C6CC(C)(C)CC[C@@]6(CO)[C@@H](O)C[C@]45C)[C@]3(C)CO)O[C@H]2CO[C@H]2O[C@@H](CO)[C@H](O)[C@@H](O)[C@@H]2O)[C@@H](O)[C@H](O)[C@H]1O. The fraction of sp³-hybridized carbons (Fsp3) is 0.917. The molecule has 0 aromatic rings. The largest absolute Gasteiger partial charge is 0.396 e. The third kappa shape index (κ3) is 7.84. The molecule has 0 spiro atoms. The molecule has 3 saturated heterocycles. The van der Waals surface area contributed by atoms with Gasteiger partial charge in [0.15, 0.2) is 18.9 Å². The average molecular weight is 943 g/mol. The zero-order valence-electron chi connectivity index (χ0n) is 39.4. The number of fused-ring (bicyclic) bond motifs is 6. The summed E-state index contributed by atoms with van der Waals surface area (Å²) in [5.74, 6) is -0.0380. The van der Waals surface area contributed by atoms with Gasteiger partial charge in [-0.05, 0) is 91.9 Å². The van der Waals surface area contributed by atoms with Crippen molar-refractivity contribution in [2.75, 3.05) is 26.4 Å². The Morgan fingerprint density at radius 3 is 1.95 bits per heavy atom. The Morgan fingerprint density at radius 1 is 0.652 bits per heavy atom. The Hall–Kier alpha value is -1.24. The molecule has 378 valence electrons. The Bertz CT molecular complexity index is 1810. The zero-order valence-corrected chi connectivity index (χ0v) is 39.4. The molecule has 12 N–H and O–H groups in total. The first-order valence-corrected chi connectivity index (χ1v) is 24.1. The summed E-state index contributed by atoms with van der Waals surface area (Å²) in [6, 6.07) is 0. The molecule has 3 aliphatic heterocycles. The summed E-state index contributed by atoms with van der Waals surface area (Å²) in [6.07, 6.45) is -14.9. The number of allylic oxidation sites excluding steroid dienone is 3. The van der Waals surface area contributed by atoms with E-state index in [2.05, 4.69) is 46.8 Å². The maximum absolute atomic E-state index is 12.1. The monoisotopic (exact) mass is 943 g/mol. The first-order valence-electron chi connectivity index (χ1n) is 24.1. The number of aliphatic hydroxyl groups excluding tert-OH is 12. The minimum atomic E-state index is -1.81. The summed E-state index contributed by atoms with van der Waals surface area (Å²) >= 11 is 0. The molecule has 18 nitrogen and oxygen atoms in total. The topological polar surface area (TPSA) is 298 Å². The Labute approximate surface area is 387 Å². The molecule has 6 fully saturated rings. The van der Waals surface area contributed by atoms with Gasteiger partial charge in [0.25, 0.3) is 0 Å². The molecule has 3 saturated carbocycles. The standard InChI is InChI=1S/C48H78O18/c1-22-31(53)33(55)37(59)41(62-22)66-39-26(19-61-40-36(58)34(56)32(54)25(18-49)63-40)64-42(38(60)35(39)57)65-30-11-12-44(4)27(45(30,5)20-50)10-13-46(6)28(44)9-8-23-24-16-43(2,3)14-15-48(24,21-51)29(52)17-47(23,46)7/h8-9,22,25-42,49-60H,10-21H2,1-7H3/t22-,25-,26-,27+,28+,29-,30-,31-,32-,33+,34+,35-,36-,37-,38-,39-,40-,41+,42+,44+,45-,46+,47+,48-/m0/s1. The molecule has 0 amide bonds. The Kier molecular flexibility index (Phi) is 14.0. The smallest absolute Gasteiger partial charge is 0.187 e. The van der Waals surface area contributed by atoms with E-state index in [4.69, 9.17) is 28.4 Å². The highest BCUT2D eigenvalue weighted by Gasteiger charge is 2.69. The fourth-order valence-corrected chi connectivity index (χ4v) is 14.4. The van der Waals surface area contributed by atoms with Crippen LogP contribution < -0.4 is 0 Å². The van der Waals surface area contributed by atoms with Crippen LogP contribution in [0.2, 0.25) is 0 Å². The van der Waals surface area contributed by atoms with E-state index in [1.165, 1.54) is 18.1 Å². The predicted octanol–water partition coefficient (Wildman–Crippen LogP) is -0.495. The van der Waals surface area contributed by atoms with Crippen LogP contribution in [0.25, 0.3) is 0 Å². The lowest BCUT2D eigenvalue weighted by molar-refractivity contribution is -0.374. The molecule has 0 aromatic carbocycles. The lowest BCUT2D eigenvalue weighted by Gasteiger charge is -2.70. The van der Waals surface area contributed by atoms with Crippen LogP contribution in [0.5, 0.6) is 0 Å². The van der Waals surface area contributed by atoms with E-state index in [0.717, 1.165) is 32.1 Å². The molecule has 66 heavy (non-hydrogen) atoms. The zero-order chi connectivity index (χ0) is 48.3. The summed E-state index contributed by atoms with van der Waals surface area (Å²) in [6.45, 7) is 13.3. The minimum absolute atomic E-state index is 0.0333. The molecular weight excluding hydrogens is 865 g/mol. The van der Waals surface area contributed by atoms with Crippen molar-refractivity contribution >= 4 is 0 Å². The van der Waals surface area contributed by atoms with E-state index in [-0.39, 0.29) is 46.7 Å². The fourth-order valence-electron chi connectivity index (χ4n) is 14.4. The van der Waals surface area contributed by atoms with Gasteiger partial charge in [0.05, 0.1) is 44.7 Å². The van der Waals surface area contributed by atoms with Gasteiger partial charge in [-0.25, -0.2) is 0 Å². The molecule has 5 aliphatic carbocycles. The lowest BCUT2D eigenvalue weighted by atomic mass is 9.35. The van der Waals surface area contributed by atoms with Gasteiger partial charge < -0.3 is 89.7 Å². The van der Waals surface area contributed by atoms with E-state index in [0.29, 0.717) is 19.3 Å². The van der Waals surface area contributed by atoms with Crippen molar-refractivity contribution in [3.8, 4) is 0 Å². The van der Waals surface area contributed by atoms with Crippen molar-refractivity contribution in [1.29, 1.82) is 0 Å². The predicted molar refractivity (Wildman–Crippen MR) is 231 cm³/mol. The normalized spacial score (nSPS) is 54.8. The number of hydrogen-bond acceptors (Lipinski definition) is 18. The van der Waals surface area contributed by atoms with Gasteiger partial charge >= 0.3 is 0 Å². The van der Waals surface area contributed by atoms with Crippen LogP contribution in [0, 0.1) is 44.3 Å². The van der Waals surface area contributed by atoms with Crippen molar-refractivity contribution in [3.63, 3.8) is 0 Å². The van der Waals surface area contributed by atoms with Gasteiger partial charge in [-0.3, -0.25) is 0 Å². The molecular formula is C48H78O18. The molecule has 8 aliphatic rings. The summed E-state index contributed by atoms with van der Waals surface area (Å²) in [4.78, 5) is 0. The van der Waals surface area contributed by atoms with Gasteiger partial charge in [0, 0.05) is 16.2 Å². The molecule has 3 heterocycles. The van der Waals surface area contributed by atoms with Gasteiger partial charge in [-0.15, -0.1) is 0 Å². The maximum atomic E-state index is 12.1. The number of hydrogen-bond donors (Lipinski definition) is 12. The van der Waals surface area contributed by atoms with Crippen molar-refractivity contribution in [2.45, 2.75) is 204 Å². The second kappa shape index (κ2) is 18.1. The third-order valence-electron chi connectivity index (χ3n) is 18.9. The van der Waals surface area contributed by atoms with Gasteiger partial charge in [0.2, 0.25) is 0 Å². The second-order valence-corrected chi connectivity index (χ2v) is 23.1. The van der Waals surface area contributed by atoms with E-state index in [1.54, 1.807) is 0 Å². The van der Waals surface area contributed by atoms with Crippen LogP contribution in [0.4, 0.5) is 0 Å². The van der Waals surface area contributed by atoms with Gasteiger partial charge in [0.1, 0.15) is 67.1 Å². The highest BCUT2D eigenvalue weighted by Crippen LogP contribution is 2.74. The van der Waals surface area contributed by atoms with Crippen molar-refractivity contribution in [2.24, 2.45) is 44.3 Å². The van der Waals surface area contributed by atoms with Crippen LogP contribution in [0.15, 0.2) is 23.3 Å². The summed E-state index contributed by atoms with van der Waals surface area (Å²) in [5.41, 5.74) is -0.0774. The van der Waals surface area contributed by atoms with Crippen molar-refractivity contribution in [1.82, 2.24) is 0 Å². The van der Waals surface area contributed by atoms with Gasteiger partial charge in [-0.1, -0.05) is 59.3 Å². The molecule has 0 bridgehead atoms. The van der Waals surface area contributed by atoms with E-state index < -0.39 is 128 Å². The lowest BCUT2D eigenvalue weighted by Crippen LogP contribution is -2.67. The van der Waals surface area contributed by atoms with Crippen molar-refractivity contribution in [3.05, 3.63) is 23.3 Å². The molecule has 0 radical (unpaired) electrons. The van der Waals surface area contributed by atoms with Crippen LogP contribution in [-0.2, 0) is 28.4 Å². The second-order valence-electron chi connectivity index (χ2n) is 23.1. The summed E-state index contributed by atoms with van der Waals surface area (Å²) in [5, 5.41) is 131. The van der Waals surface area contributed by atoms with Gasteiger partial charge in [-0.2, -0.15) is 0 Å². The van der Waals surface area contributed by atoms with Crippen LogP contribution >= 0.6 is 0 Å². The number of aliphatic hydroxyl groups is 12. The van der Waals surface area contributed by atoms with E-state index in [9.17, 15) is 61.3 Å². The first-order chi connectivity index (χ1) is 30.9. The van der Waals surface area contributed by atoms with E-state index >= 15 is 0 Å². The molecule has 0 aromatic heterocycles. The van der Waals surface area contributed by atoms with Crippen LogP contribution in [-0.4, -0.2) is 192 Å². The third-order valence-corrected chi connectivity index (χ3v) is 18.9. The van der Waals surface area contributed by atoms with E-state index in [1.807, 2.05) is 6.92 Å². The maximum Gasteiger partial charge on any atom is 0.187 e. The summed E-state index contributed by atoms with van der Waals surface area (Å²) in [7, 11) is 0. The Morgan fingerprint density at radius 2 is 1.29 bits per heavy atom. The Balaban J connectivity index is 1.06. The molecule has 24 atom stereocenters. The van der Waals surface area contributed by atoms with Crippen LogP contribution in [0.3, 0.4) is 0 Å². The molecule has 8 rings (SSSR count). The minimum Gasteiger partial charge on any atom is -0.396 e. The first kappa shape index (κ1) is 51.1. The highest BCUT2D eigenvalue weighted by atomic mass is 16.8. The van der Waals surface area contributed by atoms with Crippen molar-refractivity contribution < 1.29 is 89.7 Å². The number of rotatable bonds is 10. The molecule has 0 unspecified atom stereocenters. The summed E-state index contributed by atoms with van der Waals surface area (Å²) < 4.78 is 36.1.